The van der Waals surface area contributed by atoms with Crippen LogP contribution in [0.2, 0.25) is 0 Å². The van der Waals surface area contributed by atoms with Gasteiger partial charge in [0, 0.05) is 16.2 Å². The second-order valence-electron chi connectivity index (χ2n) is 5.47. The zero-order valence-corrected chi connectivity index (χ0v) is 11.7. The molecule has 0 spiro atoms. The molecule has 2 heterocycles. The number of hydrogen-bond donors (Lipinski definition) is 2. The lowest BCUT2D eigenvalue weighted by atomic mass is 9.94. The molecule has 3 unspecified atom stereocenters. The summed E-state index contributed by atoms with van der Waals surface area (Å²) in [5.41, 5.74) is 1.45. The summed E-state index contributed by atoms with van der Waals surface area (Å²) in [5, 5.41) is 13.0. The SMILES string of the molecule is O=C(O)C1CCCC(CC2Cc3ccccc3S2)N1. The molecule has 4 heteroatoms. The van der Waals surface area contributed by atoms with E-state index < -0.39 is 5.97 Å². The Hall–Kier alpha value is -1.00. The van der Waals surface area contributed by atoms with Crippen molar-refractivity contribution in [2.24, 2.45) is 0 Å². The molecule has 102 valence electrons. The molecule has 3 atom stereocenters. The van der Waals surface area contributed by atoms with Gasteiger partial charge in [0.05, 0.1) is 0 Å². The van der Waals surface area contributed by atoms with E-state index in [-0.39, 0.29) is 6.04 Å². The lowest BCUT2D eigenvalue weighted by Crippen LogP contribution is -2.47. The van der Waals surface area contributed by atoms with E-state index >= 15 is 0 Å². The Morgan fingerprint density at radius 1 is 1.37 bits per heavy atom. The highest BCUT2D eigenvalue weighted by atomic mass is 32.2. The van der Waals surface area contributed by atoms with Crippen LogP contribution in [0.1, 0.15) is 31.2 Å². The third kappa shape index (κ3) is 2.95. The molecule has 0 bridgehead atoms. The van der Waals surface area contributed by atoms with Crippen molar-refractivity contribution in [2.75, 3.05) is 0 Å². The summed E-state index contributed by atoms with van der Waals surface area (Å²) in [4.78, 5) is 12.4. The van der Waals surface area contributed by atoms with Crippen molar-refractivity contribution in [1.82, 2.24) is 5.32 Å². The maximum Gasteiger partial charge on any atom is 0.320 e. The van der Waals surface area contributed by atoms with Gasteiger partial charge in [0.25, 0.3) is 0 Å². The lowest BCUT2D eigenvalue weighted by Gasteiger charge is -2.30. The van der Waals surface area contributed by atoms with Gasteiger partial charge in [-0.3, -0.25) is 4.79 Å². The molecule has 2 aliphatic rings. The molecule has 1 fully saturated rings. The van der Waals surface area contributed by atoms with E-state index in [1.165, 1.54) is 10.5 Å². The minimum atomic E-state index is -0.702. The summed E-state index contributed by atoms with van der Waals surface area (Å²) in [6.07, 6.45) is 5.10. The molecule has 3 rings (SSSR count). The Morgan fingerprint density at radius 3 is 3.00 bits per heavy atom. The number of aliphatic carboxylic acids is 1. The van der Waals surface area contributed by atoms with Crippen LogP contribution < -0.4 is 5.32 Å². The summed E-state index contributed by atoms with van der Waals surface area (Å²) in [5.74, 6) is -0.702. The Kier molecular flexibility index (Phi) is 3.80. The van der Waals surface area contributed by atoms with Gasteiger partial charge in [-0.1, -0.05) is 18.2 Å². The number of hydrogen-bond acceptors (Lipinski definition) is 3. The third-order valence-electron chi connectivity index (χ3n) is 4.04. The first kappa shape index (κ1) is 13.0. The molecule has 2 N–H and O–H groups in total. The van der Waals surface area contributed by atoms with Gasteiger partial charge in [0.15, 0.2) is 0 Å². The van der Waals surface area contributed by atoms with Crippen LogP contribution in [-0.2, 0) is 11.2 Å². The van der Waals surface area contributed by atoms with Gasteiger partial charge in [-0.15, -0.1) is 11.8 Å². The van der Waals surface area contributed by atoms with Crippen LogP contribution in [0.3, 0.4) is 0 Å². The first-order valence-electron chi connectivity index (χ1n) is 6.96. The molecule has 1 aromatic carbocycles. The largest absolute Gasteiger partial charge is 0.480 e. The zero-order chi connectivity index (χ0) is 13.2. The fourth-order valence-corrected chi connectivity index (χ4v) is 4.51. The highest BCUT2D eigenvalue weighted by Gasteiger charge is 2.30. The van der Waals surface area contributed by atoms with E-state index in [0.29, 0.717) is 11.3 Å². The maximum absolute atomic E-state index is 11.0. The quantitative estimate of drug-likeness (QED) is 0.892. The van der Waals surface area contributed by atoms with Crippen LogP contribution in [0, 0.1) is 0 Å². The number of benzene rings is 1. The standard InChI is InChI=1S/C15H19NO2S/c17-15(18)13-6-3-5-11(16-13)9-12-8-10-4-1-2-7-14(10)19-12/h1-2,4,7,11-13,16H,3,5-6,8-9H2,(H,17,18). The summed E-state index contributed by atoms with van der Waals surface area (Å²) < 4.78 is 0. The number of rotatable bonds is 3. The van der Waals surface area contributed by atoms with E-state index in [4.69, 9.17) is 5.11 Å². The van der Waals surface area contributed by atoms with Crippen LogP contribution in [-0.4, -0.2) is 28.4 Å². The Morgan fingerprint density at radius 2 is 2.21 bits per heavy atom. The molecule has 19 heavy (non-hydrogen) atoms. The number of carbonyl (C=O) groups is 1. The summed E-state index contributed by atoms with van der Waals surface area (Å²) >= 11 is 1.95. The van der Waals surface area contributed by atoms with Gasteiger partial charge in [0.1, 0.15) is 6.04 Å². The van der Waals surface area contributed by atoms with E-state index in [9.17, 15) is 4.79 Å². The van der Waals surface area contributed by atoms with E-state index in [2.05, 4.69) is 29.6 Å². The predicted molar refractivity (Wildman–Crippen MR) is 76.6 cm³/mol. The van der Waals surface area contributed by atoms with Gasteiger partial charge in [-0.25, -0.2) is 0 Å². The molecular weight excluding hydrogens is 258 g/mol. The fourth-order valence-electron chi connectivity index (χ4n) is 3.10. The molecular formula is C15H19NO2S. The van der Waals surface area contributed by atoms with E-state index in [1.807, 2.05) is 11.8 Å². The molecule has 0 amide bonds. The van der Waals surface area contributed by atoms with Crippen molar-refractivity contribution in [2.45, 2.75) is 54.3 Å². The normalized spacial score (nSPS) is 30.0. The number of carboxylic acids is 1. The number of piperidine rings is 1. The molecule has 1 aromatic rings. The second-order valence-corrected chi connectivity index (χ2v) is 6.81. The lowest BCUT2D eigenvalue weighted by molar-refractivity contribution is -0.140. The van der Waals surface area contributed by atoms with Gasteiger partial charge in [0.2, 0.25) is 0 Å². The fraction of sp³-hybridized carbons (Fsp3) is 0.533. The Bertz CT molecular complexity index is 452. The molecule has 0 radical (unpaired) electrons. The number of thioether (sulfide) groups is 1. The number of fused-ring (bicyclic) bond motifs is 1. The van der Waals surface area contributed by atoms with Crippen LogP contribution in [0.25, 0.3) is 0 Å². The van der Waals surface area contributed by atoms with Crippen molar-refractivity contribution >= 4 is 17.7 Å². The Balaban J connectivity index is 1.57. The van der Waals surface area contributed by atoms with Crippen molar-refractivity contribution in [1.29, 1.82) is 0 Å². The first-order chi connectivity index (χ1) is 9.22. The minimum Gasteiger partial charge on any atom is -0.480 e. The van der Waals surface area contributed by atoms with Crippen LogP contribution >= 0.6 is 11.8 Å². The molecule has 3 nitrogen and oxygen atoms in total. The highest BCUT2D eigenvalue weighted by Crippen LogP contribution is 2.39. The van der Waals surface area contributed by atoms with Crippen molar-refractivity contribution in [3.8, 4) is 0 Å². The predicted octanol–water partition coefficient (Wildman–Crippen LogP) is 2.69. The molecule has 0 saturated carbocycles. The minimum absolute atomic E-state index is 0.340. The average molecular weight is 277 g/mol. The molecule has 0 aliphatic carbocycles. The summed E-state index contributed by atoms with van der Waals surface area (Å²) in [6, 6.07) is 8.61. The summed E-state index contributed by atoms with van der Waals surface area (Å²) in [7, 11) is 0. The number of carboxylic acid groups (broad SMARTS) is 1. The molecule has 2 aliphatic heterocycles. The van der Waals surface area contributed by atoms with Crippen LogP contribution in [0.15, 0.2) is 29.2 Å². The monoisotopic (exact) mass is 277 g/mol. The van der Waals surface area contributed by atoms with Crippen molar-refractivity contribution < 1.29 is 9.90 Å². The van der Waals surface area contributed by atoms with Gasteiger partial charge in [-0.05, 0) is 43.7 Å². The third-order valence-corrected chi connectivity index (χ3v) is 5.39. The van der Waals surface area contributed by atoms with E-state index in [0.717, 1.165) is 32.1 Å². The van der Waals surface area contributed by atoms with Gasteiger partial charge < -0.3 is 10.4 Å². The van der Waals surface area contributed by atoms with Gasteiger partial charge in [-0.2, -0.15) is 0 Å². The topological polar surface area (TPSA) is 49.3 Å². The highest BCUT2D eigenvalue weighted by molar-refractivity contribution is 8.00. The molecule has 1 saturated heterocycles. The van der Waals surface area contributed by atoms with Crippen molar-refractivity contribution in [3.63, 3.8) is 0 Å². The first-order valence-corrected chi connectivity index (χ1v) is 7.84. The maximum atomic E-state index is 11.0. The Labute approximate surface area is 117 Å². The smallest absolute Gasteiger partial charge is 0.320 e. The number of nitrogens with one attached hydrogen (secondary N) is 1. The van der Waals surface area contributed by atoms with E-state index in [1.54, 1.807) is 0 Å². The second kappa shape index (κ2) is 5.55. The van der Waals surface area contributed by atoms with Crippen LogP contribution in [0.5, 0.6) is 0 Å². The van der Waals surface area contributed by atoms with Crippen LogP contribution in [0.4, 0.5) is 0 Å². The average Bonchev–Trinajstić information content (AvgIpc) is 2.81. The summed E-state index contributed by atoms with van der Waals surface area (Å²) in [6.45, 7) is 0. The van der Waals surface area contributed by atoms with Crippen molar-refractivity contribution in [3.05, 3.63) is 29.8 Å². The van der Waals surface area contributed by atoms with Gasteiger partial charge >= 0.3 is 5.97 Å². The molecule has 0 aromatic heterocycles. The zero-order valence-electron chi connectivity index (χ0n) is 10.8.